The summed E-state index contributed by atoms with van der Waals surface area (Å²) in [5, 5.41) is 10.4. The van der Waals surface area contributed by atoms with E-state index in [2.05, 4.69) is 9.80 Å². The third-order valence-electron chi connectivity index (χ3n) is 4.73. The molecule has 1 aliphatic heterocycles. The third kappa shape index (κ3) is 4.89. The number of carbonyl (C=O) groups is 1. The van der Waals surface area contributed by atoms with E-state index >= 15 is 0 Å². The van der Waals surface area contributed by atoms with Crippen LogP contribution in [0.15, 0.2) is 54.6 Å². The van der Waals surface area contributed by atoms with E-state index in [0.29, 0.717) is 12.1 Å². The Balaban J connectivity index is 1.46. The largest absolute Gasteiger partial charge is 0.387 e. The molecule has 0 aliphatic carbocycles. The van der Waals surface area contributed by atoms with E-state index in [1.165, 1.54) is 5.56 Å². The summed E-state index contributed by atoms with van der Waals surface area (Å²) < 4.78 is 0. The van der Waals surface area contributed by atoms with Gasteiger partial charge in [0.05, 0.1) is 6.10 Å². The number of hydrogen-bond donors (Lipinski definition) is 2. The number of nitrogens with zero attached hydrogens (tertiary/aromatic N) is 2. The highest BCUT2D eigenvalue weighted by atomic mass is 16.3. The summed E-state index contributed by atoms with van der Waals surface area (Å²) in [6.45, 7) is 5.38. The van der Waals surface area contributed by atoms with Gasteiger partial charge < -0.3 is 10.8 Å². The van der Waals surface area contributed by atoms with Gasteiger partial charge in [0, 0.05) is 44.8 Å². The number of β-amino-alcohol motifs (C(OH)–C–C–N with tert-alkyl or cyclic N) is 1. The zero-order valence-corrected chi connectivity index (χ0v) is 14.3. The van der Waals surface area contributed by atoms with Crippen molar-refractivity contribution in [1.82, 2.24) is 9.80 Å². The molecule has 3 N–H and O–H groups in total. The van der Waals surface area contributed by atoms with Gasteiger partial charge in [0.15, 0.2) is 0 Å². The summed E-state index contributed by atoms with van der Waals surface area (Å²) in [6.07, 6.45) is -0.436. The van der Waals surface area contributed by atoms with Crippen LogP contribution in [-0.2, 0) is 6.54 Å². The Morgan fingerprint density at radius 2 is 1.56 bits per heavy atom. The Hall–Kier alpha value is -2.21. The number of benzene rings is 2. The van der Waals surface area contributed by atoms with E-state index in [1.807, 2.05) is 42.5 Å². The Labute approximate surface area is 148 Å². The van der Waals surface area contributed by atoms with Crippen LogP contribution in [0, 0.1) is 0 Å². The third-order valence-corrected chi connectivity index (χ3v) is 4.73. The van der Waals surface area contributed by atoms with E-state index < -0.39 is 12.0 Å². The maximum absolute atomic E-state index is 11.1. The molecular weight excluding hydrogens is 314 g/mol. The van der Waals surface area contributed by atoms with E-state index in [4.69, 9.17) is 5.73 Å². The summed E-state index contributed by atoms with van der Waals surface area (Å²) in [7, 11) is 0. The number of aliphatic hydroxyl groups excluding tert-OH is 1. The summed E-state index contributed by atoms with van der Waals surface area (Å²) in [6, 6.07) is 17.3. The first kappa shape index (κ1) is 17.6. The molecule has 1 amide bonds. The van der Waals surface area contributed by atoms with E-state index in [-0.39, 0.29) is 0 Å². The van der Waals surface area contributed by atoms with Crippen molar-refractivity contribution in [2.45, 2.75) is 12.6 Å². The van der Waals surface area contributed by atoms with Crippen LogP contribution in [0.4, 0.5) is 0 Å². The van der Waals surface area contributed by atoms with E-state index in [1.54, 1.807) is 12.1 Å². The van der Waals surface area contributed by atoms with Crippen molar-refractivity contribution in [3.63, 3.8) is 0 Å². The van der Waals surface area contributed by atoms with Gasteiger partial charge in [-0.05, 0) is 23.3 Å². The number of rotatable bonds is 6. The van der Waals surface area contributed by atoms with Crippen molar-refractivity contribution in [2.75, 3.05) is 32.7 Å². The average Bonchev–Trinajstić information content (AvgIpc) is 2.64. The molecule has 5 heteroatoms. The lowest BCUT2D eigenvalue weighted by Gasteiger charge is -2.35. The minimum atomic E-state index is -0.436. The van der Waals surface area contributed by atoms with Gasteiger partial charge in [-0.3, -0.25) is 14.6 Å². The Morgan fingerprint density at radius 1 is 0.960 bits per heavy atom. The van der Waals surface area contributed by atoms with Gasteiger partial charge in [-0.2, -0.15) is 0 Å². The first-order chi connectivity index (χ1) is 12.1. The normalized spacial score (nSPS) is 17.3. The van der Waals surface area contributed by atoms with Crippen LogP contribution in [0.25, 0.3) is 0 Å². The molecule has 3 rings (SSSR count). The molecule has 2 aromatic carbocycles. The van der Waals surface area contributed by atoms with E-state index in [0.717, 1.165) is 38.3 Å². The zero-order valence-electron chi connectivity index (χ0n) is 14.3. The highest BCUT2D eigenvalue weighted by Crippen LogP contribution is 2.16. The topological polar surface area (TPSA) is 69.8 Å². The SMILES string of the molecule is NC(=O)c1ccc(CN2CCN(C[C@H](O)c3ccccc3)CC2)cc1. The molecule has 1 fully saturated rings. The standard InChI is InChI=1S/C20H25N3O2/c21-20(25)18-8-6-16(7-9-18)14-22-10-12-23(13-11-22)15-19(24)17-4-2-1-3-5-17/h1-9,19,24H,10-15H2,(H2,21,25)/t19-/m0/s1. The highest BCUT2D eigenvalue weighted by Gasteiger charge is 2.20. The van der Waals surface area contributed by atoms with Crippen molar-refractivity contribution in [3.05, 3.63) is 71.3 Å². The summed E-state index contributed by atoms with van der Waals surface area (Å²) in [5.74, 6) is -0.392. The van der Waals surface area contributed by atoms with Gasteiger partial charge in [0.25, 0.3) is 0 Å². The molecule has 132 valence electrons. The smallest absolute Gasteiger partial charge is 0.248 e. The first-order valence-corrected chi connectivity index (χ1v) is 8.68. The lowest BCUT2D eigenvalue weighted by atomic mass is 10.1. The van der Waals surface area contributed by atoms with Crippen molar-refractivity contribution < 1.29 is 9.90 Å². The Morgan fingerprint density at radius 3 is 2.16 bits per heavy atom. The van der Waals surface area contributed by atoms with Gasteiger partial charge in [-0.1, -0.05) is 42.5 Å². The maximum atomic E-state index is 11.1. The van der Waals surface area contributed by atoms with Crippen molar-refractivity contribution in [3.8, 4) is 0 Å². The molecule has 0 bridgehead atoms. The van der Waals surface area contributed by atoms with Gasteiger partial charge in [0.1, 0.15) is 0 Å². The predicted molar refractivity (Wildman–Crippen MR) is 98.1 cm³/mol. The fourth-order valence-corrected chi connectivity index (χ4v) is 3.19. The van der Waals surface area contributed by atoms with Crippen LogP contribution in [0.3, 0.4) is 0 Å². The minimum Gasteiger partial charge on any atom is -0.387 e. The molecule has 2 aromatic rings. The molecule has 25 heavy (non-hydrogen) atoms. The first-order valence-electron chi connectivity index (χ1n) is 8.68. The van der Waals surface area contributed by atoms with Gasteiger partial charge >= 0.3 is 0 Å². The number of piperazine rings is 1. The summed E-state index contributed by atoms with van der Waals surface area (Å²) >= 11 is 0. The molecule has 5 nitrogen and oxygen atoms in total. The molecule has 1 heterocycles. The number of hydrogen-bond acceptors (Lipinski definition) is 4. The molecule has 0 unspecified atom stereocenters. The summed E-state index contributed by atoms with van der Waals surface area (Å²) in [4.78, 5) is 15.8. The van der Waals surface area contributed by atoms with Crippen LogP contribution >= 0.6 is 0 Å². The Kier molecular flexibility index (Phi) is 5.81. The second kappa shape index (κ2) is 8.25. The molecule has 0 radical (unpaired) electrons. The van der Waals surface area contributed by atoms with Gasteiger partial charge in [-0.25, -0.2) is 0 Å². The number of carbonyl (C=O) groups excluding carboxylic acids is 1. The molecule has 1 saturated heterocycles. The van der Waals surface area contributed by atoms with Crippen molar-refractivity contribution in [2.24, 2.45) is 5.73 Å². The Bertz CT molecular complexity index is 680. The van der Waals surface area contributed by atoms with Crippen LogP contribution in [0.5, 0.6) is 0 Å². The molecular formula is C20H25N3O2. The summed E-state index contributed by atoms with van der Waals surface area (Å²) in [5.41, 5.74) is 7.97. The minimum absolute atomic E-state index is 0.392. The molecule has 0 aromatic heterocycles. The number of amides is 1. The lowest BCUT2D eigenvalue weighted by molar-refractivity contribution is 0.0701. The zero-order chi connectivity index (χ0) is 17.6. The fourth-order valence-electron chi connectivity index (χ4n) is 3.19. The number of nitrogens with two attached hydrogens (primary N) is 1. The maximum Gasteiger partial charge on any atom is 0.248 e. The van der Waals surface area contributed by atoms with Gasteiger partial charge in [0.2, 0.25) is 5.91 Å². The second-order valence-electron chi connectivity index (χ2n) is 6.56. The number of aliphatic hydroxyl groups is 1. The molecule has 1 atom stereocenters. The van der Waals surface area contributed by atoms with E-state index in [9.17, 15) is 9.90 Å². The van der Waals surface area contributed by atoms with Gasteiger partial charge in [-0.15, -0.1) is 0 Å². The fraction of sp³-hybridized carbons (Fsp3) is 0.350. The quantitative estimate of drug-likeness (QED) is 0.839. The van der Waals surface area contributed by atoms with Crippen LogP contribution in [0.2, 0.25) is 0 Å². The predicted octanol–water partition coefficient (Wildman–Crippen LogP) is 1.64. The van der Waals surface area contributed by atoms with Crippen molar-refractivity contribution in [1.29, 1.82) is 0 Å². The molecule has 1 aliphatic rings. The number of primary amides is 1. The molecule has 0 saturated carbocycles. The van der Waals surface area contributed by atoms with Crippen LogP contribution in [-0.4, -0.2) is 53.5 Å². The monoisotopic (exact) mass is 339 g/mol. The average molecular weight is 339 g/mol. The second-order valence-corrected chi connectivity index (χ2v) is 6.56. The lowest BCUT2D eigenvalue weighted by Crippen LogP contribution is -2.47. The molecule has 0 spiro atoms. The van der Waals surface area contributed by atoms with Crippen LogP contribution in [0.1, 0.15) is 27.6 Å². The highest BCUT2D eigenvalue weighted by molar-refractivity contribution is 5.92. The van der Waals surface area contributed by atoms with Crippen molar-refractivity contribution >= 4 is 5.91 Å². The van der Waals surface area contributed by atoms with Crippen LogP contribution < -0.4 is 5.73 Å².